The van der Waals surface area contributed by atoms with Crippen molar-refractivity contribution in [3.63, 3.8) is 0 Å². The number of methoxy groups -OCH3 is 1. The smallest absolute Gasteiger partial charge is 0.345 e. The summed E-state index contributed by atoms with van der Waals surface area (Å²) < 4.78 is 54.0. The molecule has 0 aliphatic carbocycles. The number of anilines is 2. The summed E-state index contributed by atoms with van der Waals surface area (Å²) >= 11 is 0. The molecule has 1 aromatic carbocycles. The van der Waals surface area contributed by atoms with Crippen LogP contribution in [0.15, 0.2) is 46.7 Å². The van der Waals surface area contributed by atoms with Gasteiger partial charge in [-0.1, -0.05) is 0 Å². The number of hydrogen-bond donors (Lipinski definition) is 0. The average Bonchev–Trinajstić information content (AvgIpc) is 2.80. The van der Waals surface area contributed by atoms with Crippen LogP contribution in [0.1, 0.15) is 0 Å². The Morgan fingerprint density at radius 2 is 2.15 bits per heavy atom. The minimum Gasteiger partial charge on any atom is -0.489 e. The molecule has 4 rings (SSSR count). The summed E-state index contributed by atoms with van der Waals surface area (Å²) in [5.41, 5.74) is 1.44. The van der Waals surface area contributed by atoms with Gasteiger partial charge in [-0.15, -0.1) is 5.10 Å². The first-order chi connectivity index (χ1) is 16.5. The molecule has 1 saturated heterocycles. The number of aromatic nitrogens is 1. The van der Waals surface area contributed by atoms with Gasteiger partial charge in [-0.25, -0.2) is 9.37 Å². The molecule has 2 aromatic rings. The van der Waals surface area contributed by atoms with E-state index < -0.39 is 6.61 Å². The number of fused-ring (bicyclic) bond motifs is 1. The average molecular weight is 478 g/mol. The molecule has 182 valence electrons. The third-order valence-corrected chi connectivity index (χ3v) is 5.61. The summed E-state index contributed by atoms with van der Waals surface area (Å²) in [7, 11) is 1.50. The minimum atomic E-state index is -2.88. The maximum absolute atomic E-state index is 13.6. The molecule has 12 heteroatoms. The van der Waals surface area contributed by atoms with Crippen LogP contribution in [0.5, 0.6) is 11.6 Å². The molecular weight excluding hydrogens is 453 g/mol. The van der Waals surface area contributed by atoms with Crippen LogP contribution in [-0.2, 0) is 4.74 Å². The maximum Gasteiger partial charge on any atom is 0.345 e. The number of rotatable bonds is 8. The number of alkyl halides is 2. The molecule has 9 nitrogen and oxygen atoms in total. The number of guanidine groups is 1. The summed E-state index contributed by atoms with van der Waals surface area (Å²) in [5, 5.41) is 7.88. The van der Waals surface area contributed by atoms with E-state index in [4.69, 9.17) is 9.47 Å². The van der Waals surface area contributed by atoms with Gasteiger partial charge in [-0.2, -0.15) is 13.9 Å². The Morgan fingerprint density at radius 1 is 1.32 bits per heavy atom. The van der Waals surface area contributed by atoms with E-state index in [2.05, 4.69) is 31.5 Å². The van der Waals surface area contributed by atoms with Gasteiger partial charge in [-0.3, -0.25) is 0 Å². The molecule has 1 aromatic heterocycles. The van der Waals surface area contributed by atoms with E-state index >= 15 is 0 Å². The molecule has 0 radical (unpaired) electrons. The number of likely N-dealkylation sites (tertiary alicyclic amines) is 1. The molecule has 0 amide bonds. The topological polar surface area (TPSA) is 75.0 Å². The van der Waals surface area contributed by atoms with E-state index in [-0.39, 0.29) is 25.0 Å². The second kappa shape index (κ2) is 10.6. The standard InChI is InChI=1S/C22H25F3N6O3/c1-26-28-22(31(8-10-34-21(24)25)16-4-6-20(32-2)27-12-16)29-13-17(14-29)30-7-9-33-19-11-15(23)3-5-18(19)30/h3-6,11-12,17,21H,1,7-10,13-14H2,2H3/b28-22-. The number of ether oxygens (including phenoxy) is 3. The fraction of sp³-hybridized carbons (Fsp3) is 0.409. The highest BCUT2D eigenvalue weighted by molar-refractivity contribution is 5.96. The molecule has 3 heterocycles. The van der Waals surface area contributed by atoms with Crippen LogP contribution < -0.4 is 19.3 Å². The summed E-state index contributed by atoms with van der Waals surface area (Å²) in [4.78, 5) is 10.0. The summed E-state index contributed by atoms with van der Waals surface area (Å²) in [5.74, 6) is 1.02. The van der Waals surface area contributed by atoms with Crippen molar-refractivity contribution in [1.82, 2.24) is 9.88 Å². The van der Waals surface area contributed by atoms with Crippen molar-refractivity contribution >= 4 is 24.1 Å². The van der Waals surface area contributed by atoms with Crippen LogP contribution in [0.2, 0.25) is 0 Å². The van der Waals surface area contributed by atoms with Crippen molar-refractivity contribution in [3.8, 4) is 11.6 Å². The fourth-order valence-corrected chi connectivity index (χ4v) is 3.99. The van der Waals surface area contributed by atoms with Crippen LogP contribution in [-0.4, -0.2) is 81.7 Å². The fourth-order valence-electron chi connectivity index (χ4n) is 3.99. The first-order valence-electron chi connectivity index (χ1n) is 10.6. The highest BCUT2D eigenvalue weighted by Gasteiger charge is 2.38. The Morgan fingerprint density at radius 3 is 2.82 bits per heavy atom. The monoisotopic (exact) mass is 478 g/mol. The number of pyridine rings is 1. The Hall–Kier alpha value is -3.54. The van der Waals surface area contributed by atoms with Gasteiger partial charge in [0.25, 0.3) is 0 Å². The number of hydrogen-bond acceptors (Lipinski definition) is 7. The molecule has 2 aliphatic rings. The third-order valence-electron chi connectivity index (χ3n) is 5.61. The van der Waals surface area contributed by atoms with E-state index in [1.165, 1.54) is 19.2 Å². The normalized spacial score (nSPS) is 16.1. The van der Waals surface area contributed by atoms with Gasteiger partial charge in [0.1, 0.15) is 18.2 Å². The second-order valence-corrected chi connectivity index (χ2v) is 7.60. The molecule has 0 unspecified atom stereocenters. The third kappa shape index (κ3) is 5.16. The van der Waals surface area contributed by atoms with Crippen LogP contribution in [0.4, 0.5) is 24.5 Å². The molecule has 34 heavy (non-hydrogen) atoms. The largest absolute Gasteiger partial charge is 0.489 e. The van der Waals surface area contributed by atoms with Gasteiger partial charge < -0.3 is 28.9 Å². The van der Waals surface area contributed by atoms with Crippen molar-refractivity contribution in [2.75, 3.05) is 56.3 Å². The highest BCUT2D eigenvalue weighted by Crippen LogP contribution is 2.35. The van der Waals surface area contributed by atoms with Gasteiger partial charge in [0.15, 0.2) is 0 Å². The maximum atomic E-state index is 13.6. The highest BCUT2D eigenvalue weighted by atomic mass is 19.3. The Balaban J connectivity index is 1.52. The van der Waals surface area contributed by atoms with Gasteiger partial charge in [0.05, 0.1) is 43.9 Å². The quantitative estimate of drug-likeness (QED) is 0.328. The van der Waals surface area contributed by atoms with Gasteiger partial charge in [0, 0.05) is 38.5 Å². The molecular formula is C22H25F3N6O3. The summed E-state index contributed by atoms with van der Waals surface area (Å²) in [6.07, 6.45) is 1.56. The molecule has 2 aliphatic heterocycles. The van der Waals surface area contributed by atoms with Crippen molar-refractivity contribution < 1.29 is 27.4 Å². The lowest BCUT2D eigenvalue weighted by Crippen LogP contribution is -2.65. The van der Waals surface area contributed by atoms with Crippen molar-refractivity contribution in [1.29, 1.82) is 0 Å². The molecule has 0 atom stereocenters. The minimum absolute atomic E-state index is 0.0908. The van der Waals surface area contributed by atoms with Gasteiger partial charge in [-0.05, 0) is 18.2 Å². The van der Waals surface area contributed by atoms with Crippen LogP contribution in [0.25, 0.3) is 0 Å². The SMILES string of the molecule is C=N/N=C(/N1CC(N2CCOc3cc(F)ccc32)C1)N(CCOC(F)F)c1ccc(OC)nc1. The second-order valence-electron chi connectivity index (χ2n) is 7.60. The lowest BCUT2D eigenvalue weighted by molar-refractivity contribution is -0.126. The molecule has 0 saturated carbocycles. The lowest BCUT2D eigenvalue weighted by atomic mass is 10.1. The first kappa shape index (κ1) is 23.6. The Kier molecular flexibility index (Phi) is 7.36. The predicted octanol–water partition coefficient (Wildman–Crippen LogP) is 2.83. The van der Waals surface area contributed by atoms with Crippen LogP contribution in [0, 0.1) is 5.82 Å². The molecule has 1 fully saturated rings. The molecule has 0 bridgehead atoms. The molecule has 0 N–H and O–H groups in total. The lowest BCUT2D eigenvalue weighted by Gasteiger charge is -2.50. The molecule has 0 spiro atoms. The van der Waals surface area contributed by atoms with Gasteiger partial charge in [0.2, 0.25) is 11.8 Å². The van der Waals surface area contributed by atoms with E-state index in [1.807, 2.05) is 4.90 Å². The zero-order valence-corrected chi connectivity index (χ0v) is 18.6. The Bertz CT molecular complexity index is 1020. The zero-order valence-electron chi connectivity index (χ0n) is 18.6. The van der Waals surface area contributed by atoms with Crippen LogP contribution in [0.3, 0.4) is 0 Å². The Labute approximate surface area is 195 Å². The van der Waals surface area contributed by atoms with Gasteiger partial charge >= 0.3 is 6.61 Å². The van der Waals surface area contributed by atoms with E-state index in [1.54, 1.807) is 29.3 Å². The van der Waals surface area contributed by atoms with Crippen molar-refractivity contribution in [2.24, 2.45) is 10.2 Å². The van der Waals surface area contributed by atoms with E-state index in [0.29, 0.717) is 49.5 Å². The van der Waals surface area contributed by atoms with E-state index in [9.17, 15) is 13.2 Å². The number of nitrogens with zero attached hydrogens (tertiary/aromatic N) is 6. The van der Waals surface area contributed by atoms with Crippen LogP contribution >= 0.6 is 0 Å². The zero-order chi connectivity index (χ0) is 24.1. The van der Waals surface area contributed by atoms with E-state index in [0.717, 1.165) is 5.69 Å². The summed E-state index contributed by atoms with van der Waals surface area (Å²) in [6.45, 7) is 2.72. The predicted molar refractivity (Wildman–Crippen MR) is 122 cm³/mol. The van der Waals surface area contributed by atoms with Crippen molar-refractivity contribution in [2.45, 2.75) is 12.7 Å². The first-order valence-corrected chi connectivity index (χ1v) is 10.6. The van der Waals surface area contributed by atoms with Crippen molar-refractivity contribution in [3.05, 3.63) is 42.3 Å². The number of benzene rings is 1. The number of halogens is 3. The summed E-state index contributed by atoms with van der Waals surface area (Å²) in [6, 6.07) is 8.04.